The average Bonchev–Trinajstić information content (AvgIpc) is 3.41. The van der Waals surface area contributed by atoms with Crippen LogP contribution in [0.1, 0.15) is 30.3 Å². The molecule has 0 unspecified atom stereocenters. The van der Waals surface area contributed by atoms with Crippen LogP contribution in [0.3, 0.4) is 0 Å². The fourth-order valence-corrected chi connectivity index (χ4v) is 5.82. The number of fused-ring (bicyclic) bond motifs is 1. The zero-order valence-corrected chi connectivity index (χ0v) is 17.8. The molecule has 0 N–H and O–H groups in total. The number of oxazole rings is 1. The van der Waals surface area contributed by atoms with Crippen LogP contribution in [-0.4, -0.2) is 24.3 Å². The third-order valence-electron chi connectivity index (χ3n) is 5.77. The van der Waals surface area contributed by atoms with Crippen molar-refractivity contribution in [1.29, 1.82) is 0 Å². The minimum atomic E-state index is -3.78. The molecule has 2 heterocycles. The normalized spacial score (nSPS) is 17.4. The van der Waals surface area contributed by atoms with Crippen LogP contribution in [0.4, 0.5) is 4.39 Å². The summed E-state index contributed by atoms with van der Waals surface area (Å²) in [7, 11) is -3.78. The maximum absolute atomic E-state index is 13.3. The average molecular weight is 437 g/mol. The molecule has 1 saturated heterocycles. The van der Waals surface area contributed by atoms with Crippen LogP contribution in [0.25, 0.3) is 22.2 Å². The van der Waals surface area contributed by atoms with Gasteiger partial charge in [-0.05, 0) is 72.9 Å². The van der Waals surface area contributed by atoms with E-state index in [0.29, 0.717) is 36.4 Å². The number of halogens is 1. The highest BCUT2D eigenvalue weighted by Crippen LogP contribution is 2.38. The Balaban J connectivity index is 1.51. The van der Waals surface area contributed by atoms with Crippen molar-refractivity contribution in [3.05, 3.63) is 84.0 Å². The van der Waals surface area contributed by atoms with Crippen LogP contribution < -0.4 is 0 Å². The van der Waals surface area contributed by atoms with Crippen molar-refractivity contribution in [1.82, 2.24) is 9.29 Å². The van der Waals surface area contributed by atoms with Gasteiger partial charge in [-0.25, -0.2) is 17.8 Å². The third-order valence-corrected chi connectivity index (χ3v) is 7.69. The SMILES string of the molecule is Cc1ccccc1-c1ccc2oc([C@H]3CCCN3S(=O)(=O)c3ccc(F)cc3)nc2c1. The molecule has 0 spiro atoms. The van der Waals surface area contributed by atoms with Crippen molar-refractivity contribution in [3.8, 4) is 11.1 Å². The zero-order chi connectivity index (χ0) is 21.6. The summed E-state index contributed by atoms with van der Waals surface area (Å²) in [5.41, 5.74) is 4.64. The maximum Gasteiger partial charge on any atom is 0.243 e. The summed E-state index contributed by atoms with van der Waals surface area (Å²) >= 11 is 0. The van der Waals surface area contributed by atoms with Gasteiger partial charge in [0.25, 0.3) is 0 Å². The van der Waals surface area contributed by atoms with E-state index in [1.165, 1.54) is 16.4 Å². The summed E-state index contributed by atoms with van der Waals surface area (Å²) in [6.45, 7) is 2.43. The van der Waals surface area contributed by atoms with E-state index in [1.807, 2.05) is 30.3 Å². The molecule has 5 rings (SSSR count). The van der Waals surface area contributed by atoms with Gasteiger partial charge in [-0.2, -0.15) is 4.31 Å². The smallest absolute Gasteiger partial charge is 0.243 e. The van der Waals surface area contributed by atoms with Crippen LogP contribution in [-0.2, 0) is 10.0 Å². The first-order valence-electron chi connectivity index (χ1n) is 10.2. The highest BCUT2D eigenvalue weighted by molar-refractivity contribution is 7.89. The minimum Gasteiger partial charge on any atom is -0.439 e. The highest BCUT2D eigenvalue weighted by atomic mass is 32.2. The van der Waals surface area contributed by atoms with Gasteiger partial charge in [-0.15, -0.1) is 0 Å². The van der Waals surface area contributed by atoms with Gasteiger partial charge < -0.3 is 4.42 Å². The maximum atomic E-state index is 13.3. The van der Waals surface area contributed by atoms with Gasteiger partial charge in [0.2, 0.25) is 15.9 Å². The zero-order valence-electron chi connectivity index (χ0n) is 17.0. The lowest BCUT2D eigenvalue weighted by Gasteiger charge is -2.21. The van der Waals surface area contributed by atoms with Crippen LogP contribution in [0.15, 0.2) is 76.0 Å². The van der Waals surface area contributed by atoms with E-state index in [2.05, 4.69) is 24.0 Å². The standard InChI is InChI=1S/C24H21FN2O3S/c1-16-5-2-3-6-20(16)17-8-13-23-21(15-17)26-24(30-23)22-7-4-14-27(22)31(28,29)19-11-9-18(25)10-12-19/h2-3,5-6,8-13,15,22H,4,7,14H2,1H3/t22-/m1/s1. The summed E-state index contributed by atoms with van der Waals surface area (Å²) < 4.78 is 47.0. The molecule has 3 aromatic carbocycles. The van der Waals surface area contributed by atoms with E-state index in [-0.39, 0.29) is 4.90 Å². The second kappa shape index (κ2) is 7.59. The van der Waals surface area contributed by atoms with Crippen molar-refractivity contribution >= 4 is 21.1 Å². The van der Waals surface area contributed by atoms with E-state index < -0.39 is 21.9 Å². The van der Waals surface area contributed by atoms with Crippen molar-refractivity contribution in [2.45, 2.75) is 30.7 Å². The van der Waals surface area contributed by atoms with E-state index in [0.717, 1.165) is 28.8 Å². The number of hydrogen-bond acceptors (Lipinski definition) is 4. The van der Waals surface area contributed by atoms with Crippen LogP contribution >= 0.6 is 0 Å². The summed E-state index contributed by atoms with van der Waals surface area (Å²) in [4.78, 5) is 4.72. The van der Waals surface area contributed by atoms with E-state index >= 15 is 0 Å². The number of rotatable bonds is 4. The molecule has 0 saturated carbocycles. The Labute approximate surface area is 180 Å². The summed E-state index contributed by atoms with van der Waals surface area (Å²) in [6.07, 6.45) is 1.33. The second-order valence-corrected chi connectivity index (χ2v) is 9.67. The largest absolute Gasteiger partial charge is 0.439 e. The van der Waals surface area contributed by atoms with Crippen molar-refractivity contribution in [2.75, 3.05) is 6.54 Å². The Morgan fingerprint density at radius 2 is 1.84 bits per heavy atom. The summed E-state index contributed by atoms with van der Waals surface area (Å²) in [5.74, 6) is -0.0829. The lowest BCUT2D eigenvalue weighted by molar-refractivity contribution is 0.337. The monoisotopic (exact) mass is 436 g/mol. The van der Waals surface area contributed by atoms with Gasteiger partial charge in [-0.3, -0.25) is 0 Å². The van der Waals surface area contributed by atoms with Crippen molar-refractivity contribution in [2.24, 2.45) is 0 Å². The molecule has 1 aliphatic heterocycles. The van der Waals surface area contributed by atoms with Gasteiger partial charge in [0, 0.05) is 6.54 Å². The molecule has 5 nitrogen and oxygen atoms in total. The summed E-state index contributed by atoms with van der Waals surface area (Å²) in [5, 5.41) is 0. The number of aromatic nitrogens is 1. The molecule has 1 atom stereocenters. The number of aryl methyl sites for hydroxylation is 1. The van der Waals surface area contributed by atoms with Gasteiger partial charge in [0.1, 0.15) is 17.4 Å². The van der Waals surface area contributed by atoms with Gasteiger partial charge in [-0.1, -0.05) is 30.3 Å². The van der Waals surface area contributed by atoms with Crippen molar-refractivity contribution < 1.29 is 17.2 Å². The highest BCUT2D eigenvalue weighted by Gasteiger charge is 2.39. The predicted octanol–water partition coefficient (Wildman–Crippen LogP) is 5.47. The first kappa shape index (κ1) is 19.9. The molecule has 0 aliphatic carbocycles. The Morgan fingerprint density at radius 1 is 1.06 bits per heavy atom. The molecular weight excluding hydrogens is 415 g/mol. The quantitative estimate of drug-likeness (QED) is 0.426. The van der Waals surface area contributed by atoms with E-state index in [4.69, 9.17) is 4.42 Å². The van der Waals surface area contributed by atoms with Crippen LogP contribution in [0.5, 0.6) is 0 Å². The topological polar surface area (TPSA) is 63.4 Å². The number of nitrogens with zero attached hydrogens (tertiary/aromatic N) is 2. The molecule has 0 amide bonds. The van der Waals surface area contributed by atoms with E-state index in [9.17, 15) is 12.8 Å². The molecule has 31 heavy (non-hydrogen) atoms. The molecule has 0 bridgehead atoms. The molecule has 158 valence electrons. The molecule has 4 aromatic rings. The van der Waals surface area contributed by atoms with Crippen LogP contribution in [0.2, 0.25) is 0 Å². The summed E-state index contributed by atoms with van der Waals surface area (Å²) in [6, 6.07) is 18.4. The number of hydrogen-bond donors (Lipinski definition) is 0. The van der Waals surface area contributed by atoms with Gasteiger partial charge in [0.05, 0.1) is 4.90 Å². The third kappa shape index (κ3) is 3.54. The minimum absolute atomic E-state index is 0.0683. The second-order valence-electron chi connectivity index (χ2n) is 7.78. The molecule has 7 heteroatoms. The number of benzene rings is 3. The van der Waals surface area contributed by atoms with Gasteiger partial charge >= 0.3 is 0 Å². The van der Waals surface area contributed by atoms with Crippen LogP contribution in [0, 0.1) is 12.7 Å². The molecule has 1 fully saturated rings. The first-order chi connectivity index (χ1) is 14.9. The lowest BCUT2D eigenvalue weighted by Crippen LogP contribution is -2.30. The predicted molar refractivity (Wildman–Crippen MR) is 116 cm³/mol. The molecular formula is C24H21FN2O3S. The molecule has 1 aromatic heterocycles. The Bertz CT molecular complexity index is 1360. The van der Waals surface area contributed by atoms with E-state index in [1.54, 1.807) is 0 Å². The Morgan fingerprint density at radius 3 is 2.61 bits per heavy atom. The molecule has 1 aliphatic rings. The Kier molecular flexibility index (Phi) is 4.87. The van der Waals surface area contributed by atoms with Gasteiger partial charge in [0.15, 0.2) is 5.58 Å². The lowest BCUT2D eigenvalue weighted by atomic mass is 10.0. The fraction of sp³-hybridized carbons (Fsp3) is 0.208. The Hall–Kier alpha value is -3.03. The molecule has 0 radical (unpaired) electrons. The van der Waals surface area contributed by atoms with Crippen molar-refractivity contribution in [3.63, 3.8) is 0 Å². The fourth-order valence-electron chi connectivity index (χ4n) is 4.17. The first-order valence-corrected chi connectivity index (χ1v) is 11.6. The number of sulfonamides is 1.